The van der Waals surface area contributed by atoms with E-state index >= 15 is 0 Å². The molecule has 0 unspecified atom stereocenters. The van der Waals surface area contributed by atoms with Gasteiger partial charge in [-0.25, -0.2) is 15.0 Å². The Morgan fingerprint density at radius 1 is 1.17 bits per heavy atom. The molecule has 0 radical (unpaired) electrons. The van der Waals surface area contributed by atoms with Crippen LogP contribution in [-0.4, -0.2) is 34.0 Å². The zero-order valence-corrected chi connectivity index (χ0v) is 14.9. The van der Waals surface area contributed by atoms with E-state index in [1.54, 1.807) is 6.20 Å². The van der Waals surface area contributed by atoms with Crippen LogP contribution in [0, 0.1) is 0 Å². The molecule has 3 aromatic heterocycles. The van der Waals surface area contributed by atoms with Crippen LogP contribution < -0.4 is 10.6 Å². The summed E-state index contributed by atoms with van der Waals surface area (Å²) in [4.78, 5) is 17.7. The van der Waals surface area contributed by atoms with Crippen molar-refractivity contribution in [1.82, 2.24) is 20.3 Å². The van der Waals surface area contributed by atoms with E-state index in [1.807, 2.05) is 22.9 Å². The highest BCUT2D eigenvalue weighted by atomic mass is 35.5. The minimum absolute atomic E-state index is 0.459. The fourth-order valence-corrected chi connectivity index (χ4v) is 4.03. The molecule has 0 amide bonds. The standard InChI is InChI=1S/C15H13ClN6S2/c16-12-9(3-1-4-17-12)13-20-10(7-23-13)11-8-24-15(21-11)22-14-18-5-2-6-19-14/h1,3-4,7-8H,2,5-6H2,(H2,18,19,21,22). The predicted molar refractivity (Wildman–Crippen MR) is 100 cm³/mol. The zero-order valence-electron chi connectivity index (χ0n) is 12.5. The molecule has 0 spiro atoms. The molecule has 4 heterocycles. The third-order valence-electron chi connectivity index (χ3n) is 3.38. The second kappa shape index (κ2) is 6.84. The van der Waals surface area contributed by atoms with Crippen molar-refractivity contribution in [3.8, 4) is 22.0 Å². The Balaban J connectivity index is 1.55. The number of anilines is 1. The van der Waals surface area contributed by atoms with Crippen molar-refractivity contribution in [3.05, 3.63) is 34.2 Å². The Morgan fingerprint density at radius 3 is 2.88 bits per heavy atom. The van der Waals surface area contributed by atoms with Gasteiger partial charge in [0, 0.05) is 35.6 Å². The number of guanidine groups is 1. The van der Waals surface area contributed by atoms with Crippen molar-refractivity contribution < 1.29 is 0 Å². The predicted octanol–water partition coefficient (Wildman–Crippen LogP) is 3.74. The first kappa shape index (κ1) is 15.5. The van der Waals surface area contributed by atoms with Crippen LogP contribution in [0.2, 0.25) is 5.15 Å². The first-order valence-corrected chi connectivity index (χ1v) is 9.51. The molecule has 0 saturated heterocycles. The molecule has 2 N–H and O–H groups in total. The molecule has 0 aliphatic carbocycles. The van der Waals surface area contributed by atoms with E-state index in [0.717, 1.165) is 52.6 Å². The molecule has 0 fully saturated rings. The Kier molecular flexibility index (Phi) is 4.42. The van der Waals surface area contributed by atoms with Crippen LogP contribution in [0.1, 0.15) is 6.42 Å². The normalized spacial score (nSPS) is 14.1. The van der Waals surface area contributed by atoms with Gasteiger partial charge in [0.25, 0.3) is 0 Å². The number of pyridine rings is 1. The van der Waals surface area contributed by atoms with E-state index in [0.29, 0.717) is 5.15 Å². The van der Waals surface area contributed by atoms with Crippen molar-refractivity contribution >= 4 is 45.4 Å². The van der Waals surface area contributed by atoms with E-state index < -0.39 is 0 Å². The number of halogens is 1. The maximum Gasteiger partial charge on any atom is 0.197 e. The number of nitrogens with one attached hydrogen (secondary N) is 2. The smallest absolute Gasteiger partial charge is 0.197 e. The average molecular weight is 377 g/mol. The molecule has 6 nitrogen and oxygen atoms in total. The summed E-state index contributed by atoms with van der Waals surface area (Å²) in [5.41, 5.74) is 2.50. The lowest BCUT2D eigenvalue weighted by Gasteiger charge is -2.13. The maximum atomic E-state index is 6.14. The first-order valence-electron chi connectivity index (χ1n) is 7.37. The highest BCUT2D eigenvalue weighted by molar-refractivity contribution is 7.14. The summed E-state index contributed by atoms with van der Waals surface area (Å²) in [5.74, 6) is 0.781. The Hall–Kier alpha value is -2.03. The second-order valence-electron chi connectivity index (χ2n) is 5.05. The lowest BCUT2D eigenvalue weighted by molar-refractivity contribution is 0.740. The Labute approximate surface area is 151 Å². The SMILES string of the molecule is Clc1ncccc1-c1nc(-c2csc(NC3=NCCCN3)n2)cs1. The van der Waals surface area contributed by atoms with Gasteiger partial charge in [-0.1, -0.05) is 11.6 Å². The number of nitrogens with zero attached hydrogens (tertiary/aromatic N) is 4. The van der Waals surface area contributed by atoms with E-state index in [2.05, 4.69) is 30.6 Å². The fraction of sp³-hybridized carbons (Fsp3) is 0.200. The van der Waals surface area contributed by atoms with Crippen LogP contribution >= 0.6 is 34.3 Å². The van der Waals surface area contributed by atoms with Crippen LogP contribution in [0.5, 0.6) is 0 Å². The average Bonchev–Trinajstić information content (AvgIpc) is 3.25. The van der Waals surface area contributed by atoms with Crippen molar-refractivity contribution in [1.29, 1.82) is 0 Å². The summed E-state index contributed by atoms with van der Waals surface area (Å²) in [6, 6.07) is 3.77. The summed E-state index contributed by atoms with van der Waals surface area (Å²) in [6.45, 7) is 1.78. The van der Waals surface area contributed by atoms with Gasteiger partial charge in [0.2, 0.25) is 0 Å². The van der Waals surface area contributed by atoms with Gasteiger partial charge in [-0.05, 0) is 18.6 Å². The lowest BCUT2D eigenvalue weighted by Crippen LogP contribution is -2.35. The van der Waals surface area contributed by atoms with Gasteiger partial charge in [0.15, 0.2) is 11.1 Å². The monoisotopic (exact) mass is 376 g/mol. The summed E-state index contributed by atoms with van der Waals surface area (Å²) >= 11 is 9.20. The van der Waals surface area contributed by atoms with Gasteiger partial charge in [-0.2, -0.15) is 0 Å². The molecule has 0 atom stereocenters. The quantitative estimate of drug-likeness (QED) is 0.681. The lowest BCUT2D eigenvalue weighted by atomic mass is 10.3. The summed E-state index contributed by atoms with van der Waals surface area (Å²) in [7, 11) is 0. The van der Waals surface area contributed by atoms with Gasteiger partial charge >= 0.3 is 0 Å². The molecule has 24 heavy (non-hydrogen) atoms. The van der Waals surface area contributed by atoms with Gasteiger partial charge < -0.3 is 10.6 Å². The van der Waals surface area contributed by atoms with Gasteiger partial charge in [0.05, 0.1) is 0 Å². The second-order valence-corrected chi connectivity index (χ2v) is 7.13. The Morgan fingerprint density at radius 2 is 2.04 bits per heavy atom. The van der Waals surface area contributed by atoms with E-state index in [1.165, 1.54) is 22.7 Å². The number of hydrogen-bond donors (Lipinski definition) is 2. The van der Waals surface area contributed by atoms with Crippen LogP contribution in [0.3, 0.4) is 0 Å². The molecule has 0 aromatic carbocycles. The molecule has 1 aliphatic rings. The highest BCUT2D eigenvalue weighted by Crippen LogP contribution is 2.33. The minimum atomic E-state index is 0.459. The molecule has 122 valence electrons. The van der Waals surface area contributed by atoms with E-state index in [9.17, 15) is 0 Å². The van der Waals surface area contributed by atoms with Crippen molar-refractivity contribution in [2.75, 3.05) is 18.4 Å². The number of thiazole rings is 2. The molecule has 0 saturated carbocycles. The molecule has 3 aromatic rings. The van der Waals surface area contributed by atoms with E-state index in [-0.39, 0.29) is 0 Å². The summed E-state index contributed by atoms with van der Waals surface area (Å²) in [5, 5.41) is 12.5. The maximum absolute atomic E-state index is 6.14. The molecular weight excluding hydrogens is 364 g/mol. The fourth-order valence-electron chi connectivity index (χ4n) is 2.23. The molecule has 0 bridgehead atoms. The van der Waals surface area contributed by atoms with Crippen molar-refractivity contribution in [2.45, 2.75) is 6.42 Å². The van der Waals surface area contributed by atoms with Crippen LogP contribution in [0.4, 0.5) is 5.13 Å². The first-order chi connectivity index (χ1) is 11.8. The molecule has 1 aliphatic heterocycles. The van der Waals surface area contributed by atoms with Gasteiger partial charge in [-0.15, -0.1) is 22.7 Å². The largest absolute Gasteiger partial charge is 0.356 e. The number of rotatable bonds is 3. The van der Waals surface area contributed by atoms with E-state index in [4.69, 9.17) is 11.6 Å². The topological polar surface area (TPSA) is 75.1 Å². The van der Waals surface area contributed by atoms with Crippen LogP contribution in [0.15, 0.2) is 34.1 Å². The molecule has 4 rings (SSSR count). The molecular formula is C15H13ClN6S2. The van der Waals surface area contributed by atoms with Crippen molar-refractivity contribution in [3.63, 3.8) is 0 Å². The van der Waals surface area contributed by atoms with Gasteiger partial charge in [0.1, 0.15) is 21.5 Å². The number of aromatic nitrogens is 3. The highest BCUT2D eigenvalue weighted by Gasteiger charge is 2.13. The van der Waals surface area contributed by atoms with Gasteiger partial charge in [-0.3, -0.25) is 4.99 Å². The minimum Gasteiger partial charge on any atom is -0.356 e. The Bertz CT molecular complexity index is 887. The summed E-state index contributed by atoms with van der Waals surface area (Å²) < 4.78 is 0. The summed E-state index contributed by atoms with van der Waals surface area (Å²) in [6.07, 6.45) is 2.73. The third kappa shape index (κ3) is 3.26. The molecule has 9 heteroatoms. The zero-order chi connectivity index (χ0) is 16.4. The van der Waals surface area contributed by atoms with Crippen molar-refractivity contribution in [2.24, 2.45) is 4.99 Å². The third-order valence-corrected chi connectivity index (χ3v) is 5.32. The van der Waals surface area contributed by atoms with Crippen LogP contribution in [-0.2, 0) is 0 Å². The number of aliphatic imine (C=N–C) groups is 1. The number of hydrogen-bond acceptors (Lipinski definition) is 8. The van der Waals surface area contributed by atoms with Crippen LogP contribution in [0.25, 0.3) is 22.0 Å².